The van der Waals surface area contributed by atoms with E-state index in [1.807, 2.05) is 4.90 Å². The number of nitrogens with zero attached hydrogens (tertiary/aromatic N) is 7. The van der Waals surface area contributed by atoms with Gasteiger partial charge >= 0.3 is 0 Å². The average molecular weight is 461 g/mol. The van der Waals surface area contributed by atoms with Gasteiger partial charge in [-0.05, 0) is 37.1 Å². The Bertz CT molecular complexity index is 1410. The van der Waals surface area contributed by atoms with E-state index < -0.39 is 11.6 Å². The van der Waals surface area contributed by atoms with Crippen molar-refractivity contribution in [1.29, 1.82) is 0 Å². The Morgan fingerprint density at radius 2 is 1.91 bits per heavy atom. The molecule has 34 heavy (non-hydrogen) atoms. The number of piperidine rings is 1. The summed E-state index contributed by atoms with van der Waals surface area (Å²) in [5, 5.41) is 8.17. The fourth-order valence-electron chi connectivity index (χ4n) is 4.90. The first-order valence-electron chi connectivity index (χ1n) is 11.1. The Labute approximate surface area is 193 Å². The van der Waals surface area contributed by atoms with Gasteiger partial charge in [-0.2, -0.15) is 15.0 Å². The zero-order valence-corrected chi connectivity index (χ0v) is 18.4. The SMILES string of the molecule is Cc1ccc(-n2nccn2)c(C(=O)N2C[C@H]3CCN(c4cnc5cccc(F)c5n4)C[C@H]32)c1F. The van der Waals surface area contributed by atoms with Gasteiger partial charge in [0, 0.05) is 25.6 Å². The van der Waals surface area contributed by atoms with Gasteiger partial charge in [0.2, 0.25) is 0 Å². The number of likely N-dealkylation sites (tertiary alicyclic amines) is 1. The van der Waals surface area contributed by atoms with E-state index in [4.69, 9.17) is 0 Å². The molecule has 0 radical (unpaired) electrons. The van der Waals surface area contributed by atoms with Crippen molar-refractivity contribution in [3.05, 3.63) is 71.7 Å². The second kappa shape index (κ2) is 7.82. The Morgan fingerprint density at radius 1 is 1.09 bits per heavy atom. The zero-order valence-electron chi connectivity index (χ0n) is 18.4. The molecule has 4 heterocycles. The molecule has 0 N–H and O–H groups in total. The van der Waals surface area contributed by atoms with Crippen LogP contribution in [0.25, 0.3) is 16.7 Å². The van der Waals surface area contributed by atoms with Crippen LogP contribution in [0.1, 0.15) is 22.3 Å². The Morgan fingerprint density at radius 3 is 2.74 bits per heavy atom. The third kappa shape index (κ3) is 3.20. The molecule has 4 aromatic rings. The number of carbonyl (C=O) groups excluding carboxylic acids is 1. The summed E-state index contributed by atoms with van der Waals surface area (Å²) in [6, 6.07) is 7.86. The van der Waals surface area contributed by atoms with Crippen molar-refractivity contribution in [1.82, 2.24) is 29.9 Å². The summed E-state index contributed by atoms with van der Waals surface area (Å²) in [6.45, 7) is 3.45. The Kier molecular flexibility index (Phi) is 4.75. The lowest BCUT2D eigenvalue weighted by Gasteiger charge is -2.53. The third-order valence-corrected chi connectivity index (χ3v) is 6.81. The van der Waals surface area contributed by atoms with Gasteiger partial charge in [-0.1, -0.05) is 12.1 Å². The molecule has 6 rings (SSSR count). The highest BCUT2D eigenvalue weighted by molar-refractivity contribution is 5.99. The first-order chi connectivity index (χ1) is 16.5. The molecule has 0 unspecified atom stereocenters. The number of hydrogen-bond acceptors (Lipinski definition) is 6. The van der Waals surface area contributed by atoms with Crippen LogP contribution in [0.5, 0.6) is 0 Å². The van der Waals surface area contributed by atoms with Gasteiger partial charge in [-0.15, -0.1) is 0 Å². The van der Waals surface area contributed by atoms with Crippen LogP contribution < -0.4 is 4.90 Å². The molecule has 10 heteroatoms. The molecule has 0 saturated carbocycles. The molecule has 2 saturated heterocycles. The summed E-state index contributed by atoms with van der Waals surface area (Å²) in [5.41, 5.74) is 1.38. The van der Waals surface area contributed by atoms with Crippen LogP contribution in [-0.4, -0.2) is 61.4 Å². The minimum atomic E-state index is -0.563. The number of aromatic nitrogens is 5. The fraction of sp³-hybridized carbons (Fsp3) is 0.292. The van der Waals surface area contributed by atoms with E-state index in [-0.39, 0.29) is 23.0 Å². The molecule has 8 nitrogen and oxygen atoms in total. The lowest BCUT2D eigenvalue weighted by atomic mass is 9.81. The van der Waals surface area contributed by atoms with Crippen molar-refractivity contribution >= 4 is 22.8 Å². The van der Waals surface area contributed by atoms with Crippen molar-refractivity contribution in [2.24, 2.45) is 5.92 Å². The predicted molar refractivity (Wildman–Crippen MR) is 121 cm³/mol. The number of benzene rings is 2. The fourth-order valence-corrected chi connectivity index (χ4v) is 4.90. The molecular formula is C24H21F2N7O. The van der Waals surface area contributed by atoms with Crippen molar-refractivity contribution in [2.45, 2.75) is 19.4 Å². The highest BCUT2D eigenvalue weighted by Gasteiger charge is 2.46. The van der Waals surface area contributed by atoms with Gasteiger partial charge in [0.15, 0.2) is 5.82 Å². The van der Waals surface area contributed by atoms with Gasteiger partial charge in [0.25, 0.3) is 5.91 Å². The summed E-state index contributed by atoms with van der Waals surface area (Å²) in [5.74, 6) is -0.473. The molecule has 2 aromatic carbocycles. The van der Waals surface area contributed by atoms with Crippen LogP contribution in [0, 0.1) is 24.5 Å². The van der Waals surface area contributed by atoms with E-state index in [2.05, 4.69) is 20.2 Å². The maximum absolute atomic E-state index is 15.2. The lowest BCUT2D eigenvalue weighted by molar-refractivity contribution is 0.00739. The van der Waals surface area contributed by atoms with E-state index in [0.717, 1.165) is 13.0 Å². The normalized spacial score (nSPS) is 19.7. The second-order valence-electron chi connectivity index (χ2n) is 8.76. The minimum Gasteiger partial charge on any atom is -0.353 e. The van der Waals surface area contributed by atoms with Gasteiger partial charge < -0.3 is 9.80 Å². The Hall–Kier alpha value is -3.95. The molecule has 2 aliphatic rings. The smallest absolute Gasteiger partial charge is 0.259 e. The summed E-state index contributed by atoms with van der Waals surface area (Å²) in [4.78, 5) is 27.4. The van der Waals surface area contributed by atoms with Gasteiger partial charge in [-0.3, -0.25) is 9.78 Å². The third-order valence-electron chi connectivity index (χ3n) is 6.81. The van der Waals surface area contributed by atoms with Gasteiger partial charge in [0.05, 0.1) is 30.1 Å². The first-order valence-corrected chi connectivity index (χ1v) is 11.1. The van der Waals surface area contributed by atoms with Crippen molar-refractivity contribution in [3.63, 3.8) is 0 Å². The van der Waals surface area contributed by atoms with Crippen LogP contribution in [0.2, 0.25) is 0 Å². The molecule has 172 valence electrons. The molecule has 0 spiro atoms. The number of fused-ring (bicyclic) bond motifs is 2. The van der Waals surface area contributed by atoms with Gasteiger partial charge in [-0.25, -0.2) is 13.8 Å². The number of amides is 1. The summed E-state index contributed by atoms with van der Waals surface area (Å²) < 4.78 is 29.4. The molecular weight excluding hydrogens is 440 g/mol. The summed E-state index contributed by atoms with van der Waals surface area (Å²) in [6.07, 6.45) is 5.46. The number of hydrogen-bond donors (Lipinski definition) is 0. The van der Waals surface area contributed by atoms with Crippen LogP contribution >= 0.6 is 0 Å². The van der Waals surface area contributed by atoms with Crippen LogP contribution in [0.3, 0.4) is 0 Å². The topological polar surface area (TPSA) is 80.0 Å². The van der Waals surface area contributed by atoms with Crippen molar-refractivity contribution in [3.8, 4) is 5.69 Å². The van der Waals surface area contributed by atoms with Crippen LogP contribution in [0.4, 0.5) is 14.6 Å². The number of aryl methyl sites for hydroxylation is 1. The second-order valence-corrected chi connectivity index (χ2v) is 8.76. The van der Waals surface area contributed by atoms with E-state index in [1.165, 1.54) is 23.3 Å². The number of rotatable bonds is 3. The number of carbonyl (C=O) groups is 1. The average Bonchev–Trinajstić information content (AvgIpc) is 3.36. The molecule has 2 aromatic heterocycles. The number of para-hydroxylation sites is 1. The van der Waals surface area contributed by atoms with E-state index in [1.54, 1.807) is 42.3 Å². The molecule has 1 amide bonds. The Balaban J connectivity index is 1.29. The molecule has 0 bridgehead atoms. The van der Waals surface area contributed by atoms with Crippen molar-refractivity contribution in [2.75, 3.05) is 24.5 Å². The maximum Gasteiger partial charge on any atom is 0.259 e. The lowest BCUT2D eigenvalue weighted by Crippen LogP contribution is -2.66. The summed E-state index contributed by atoms with van der Waals surface area (Å²) in [7, 11) is 0. The highest BCUT2D eigenvalue weighted by atomic mass is 19.1. The molecule has 2 fully saturated rings. The predicted octanol–water partition coefficient (Wildman–Crippen LogP) is 3.15. The number of anilines is 1. The van der Waals surface area contributed by atoms with Crippen LogP contribution in [-0.2, 0) is 0 Å². The molecule has 2 atom stereocenters. The monoisotopic (exact) mass is 461 g/mol. The van der Waals surface area contributed by atoms with E-state index in [0.29, 0.717) is 41.6 Å². The first kappa shape index (κ1) is 20.6. The maximum atomic E-state index is 15.2. The zero-order chi connectivity index (χ0) is 23.4. The van der Waals surface area contributed by atoms with E-state index in [9.17, 15) is 9.18 Å². The largest absolute Gasteiger partial charge is 0.353 e. The quantitative estimate of drug-likeness (QED) is 0.466. The van der Waals surface area contributed by atoms with Gasteiger partial charge in [0.1, 0.15) is 28.4 Å². The molecule has 2 aliphatic heterocycles. The van der Waals surface area contributed by atoms with Crippen LogP contribution in [0.15, 0.2) is 48.9 Å². The molecule has 0 aliphatic carbocycles. The highest BCUT2D eigenvalue weighted by Crippen LogP contribution is 2.36. The minimum absolute atomic E-state index is 0.0284. The standard InChI is InChI=1S/C24H21F2N7O/c1-14-5-6-18(33-28-8-9-29-33)21(22(14)26)24(34)32-12-15-7-10-31(13-19(15)32)20-11-27-17-4-2-3-16(25)23(17)30-20/h2-6,8-9,11,15,19H,7,10,12-13H2,1H3/t15-,19-/m1/s1. The number of halogens is 2. The van der Waals surface area contributed by atoms with Crippen molar-refractivity contribution < 1.29 is 13.6 Å². The van der Waals surface area contributed by atoms with E-state index >= 15 is 4.39 Å². The summed E-state index contributed by atoms with van der Waals surface area (Å²) >= 11 is 0.